The van der Waals surface area contributed by atoms with Gasteiger partial charge in [-0.3, -0.25) is 4.79 Å². The molecule has 0 saturated heterocycles. The molecule has 0 unspecified atom stereocenters. The van der Waals surface area contributed by atoms with E-state index in [1.165, 1.54) is 5.57 Å². The Morgan fingerprint density at radius 1 is 1.28 bits per heavy atom. The highest BCUT2D eigenvalue weighted by molar-refractivity contribution is 5.92. The standard InChI is InChI=1S/C14H20N2O2/c1-11(2)8-9-15-10-14(17)16-12-4-6-13(18-3)7-5-12/h4-8,15H,9-10H2,1-3H3,(H,16,17). The van der Waals surface area contributed by atoms with Crippen LogP contribution in [0, 0.1) is 0 Å². The number of hydrogen-bond donors (Lipinski definition) is 2. The number of allylic oxidation sites excluding steroid dienone is 1. The number of methoxy groups -OCH3 is 1. The monoisotopic (exact) mass is 248 g/mol. The Labute approximate surface area is 108 Å². The average Bonchev–Trinajstić information content (AvgIpc) is 2.35. The van der Waals surface area contributed by atoms with Crippen molar-refractivity contribution in [3.8, 4) is 5.75 Å². The number of carbonyl (C=O) groups excluding carboxylic acids is 1. The van der Waals surface area contributed by atoms with Crippen molar-refractivity contribution in [3.63, 3.8) is 0 Å². The van der Waals surface area contributed by atoms with E-state index in [0.29, 0.717) is 13.1 Å². The van der Waals surface area contributed by atoms with Gasteiger partial charge in [-0.25, -0.2) is 0 Å². The Morgan fingerprint density at radius 2 is 1.94 bits per heavy atom. The minimum absolute atomic E-state index is 0.0534. The van der Waals surface area contributed by atoms with Crippen LogP contribution < -0.4 is 15.4 Å². The molecule has 0 fully saturated rings. The molecule has 0 aliphatic rings. The summed E-state index contributed by atoms with van der Waals surface area (Å²) in [7, 11) is 1.61. The molecular weight excluding hydrogens is 228 g/mol. The van der Waals surface area contributed by atoms with Crippen LogP contribution in [0.25, 0.3) is 0 Å². The van der Waals surface area contributed by atoms with Gasteiger partial charge in [0.1, 0.15) is 5.75 Å². The first-order chi connectivity index (χ1) is 8.61. The number of nitrogens with one attached hydrogen (secondary N) is 2. The molecule has 1 amide bonds. The van der Waals surface area contributed by atoms with Gasteiger partial charge in [0.2, 0.25) is 5.91 Å². The average molecular weight is 248 g/mol. The van der Waals surface area contributed by atoms with Crippen LogP contribution in [0.3, 0.4) is 0 Å². The Hall–Kier alpha value is -1.81. The molecule has 98 valence electrons. The highest BCUT2D eigenvalue weighted by atomic mass is 16.5. The lowest BCUT2D eigenvalue weighted by molar-refractivity contribution is -0.115. The number of amides is 1. The number of hydrogen-bond acceptors (Lipinski definition) is 3. The molecule has 0 aliphatic heterocycles. The van der Waals surface area contributed by atoms with Crippen molar-refractivity contribution in [1.29, 1.82) is 0 Å². The lowest BCUT2D eigenvalue weighted by atomic mass is 10.3. The number of rotatable bonds is 6. The maximum atomic E-state index is 11.6. The zero-order valence-corrected chi connectivity index (χ0v) is 11.1. The van der Waals surface area contributed by atoms with E-state index in [0.717, 1.165) is 11.4 Å². The van der Waals surface area contributed by atoms with Gasteiger partial charge in [0.25, 0.3) is 0 Å². The highest BCUT2D eigenvalue weighted by Crippen LogP contribution is 2.14. The SMILES string of the molecule is COc1ccc(NC(=O)CNCC=C(C)C)cc1. The predicted molar refractivity (Wildman–Crippen MR) is 73.9 cm³/mol. The molecule has 1 rings (SSSR count). The Kier molecular flexibility index (Phi) is 5.94. The first-order valence-corrected chi connectivity index (χ1v) is 5.90. The van der Waals surface area contributed by atoms with Gasteiger partial charge in [-0.15, -0.1) is 0 Å². The van der Waals surface area contributed by atoms with Crippen molar-refractivity contribution in [1.82, 2.24) is 5.32 Å². The van der Waals surface area contributed by atoms with Crippen LogP contribution in [0.5, 0.6) is 5.75 Å². The van der Waals surface area contributed by atoms with E-state index in [4.69, 9.17) is 4.74 Å². The van der Waals surface area contributed by atoms with Crippen LogP contribution in [-0.4, -0.2) is 26.1 Å². The molecule has 4 nitrogen and oxygen atoms in total. The van der Waals surface area contributed by atoms with E-state index < -0.39 is 0 Å². The largest absolute Gasteiger partial charge is 0.497 e. The van der Waals surface area contributed by atoms with Crippen molar-refractivity contribution in [3.05, 3.63) is 35.9 Å². The lowest BCUT2D eigenvalue weighted by Gasteiger charge is -2.06. The summed E-state index contributed by atoms with van der Waals surface area (Å²) in [5.74, 6) is 0.719. The summed E-state index contributed by atoms with van der Waals surface area (Å²) in [6, 6.07) is 7.25. The maximum Gasteiger partial charge on any atom is 0.238 e. The molecule has 0 spiro atoms. The summed E-state index contributed by atoms with van der Waals surface area (Å²) in [5, 5.41) is 5.85. The summed E-state index contributed by atoms with van der Waals surface area (Å²) in [6.45, 7) is 5.06. The van der Waals surface area contributed by atoms with E-state index in [1.54, 1.807) is 7.11 Å². The molecule has 4 heteroatoms. The molecule has 1 aromatic rings. The second-order valence-electron chi connectivity index (χ2n) is 4.19. The molecule has 0 heterocycles. The number of anilines is 1. The summed E-state index contributed by atoms with van der Waals surface area (Å²) < 4.78 is 5.04. The van der Waals surface area contributed by atoms with Gasteiger partial charge in [-0.2, -0.15) is 0 Å². The van der Waals surface area contributed by atoms with Gasteiger partial charge >= 0.3 is 0 Å². The molecule has 0 bridgehead atoms. The third-order valence-corrected chi connectivity index (χ3v) is 2.31. The molecule has 0 atom stereocenters. The Bertz CT molecular complexity index is 406. The van der Waals surface area contributed by atoms with Crippen molar-refractivity contribution in [2.45, 2.75) is 13.8 Å². The molecule has 0 radical (unpaired) electrons. The first-order valence-electron chi connectivity index (χ1n) is 5.90. The number of ether oxygens (including phenoxy) is 1. The van der Waals surface area contributed by atoms with Crippen molar-refractivity contribution in [2.24, 2.45) is 0 Å². The second-order valence-corrected chi connectivity index (χ2v) is 4.19. The van der Waals surface area contributed by atoms with Crippen molar-refractivity contribution in [2.75, 3.05) is 25.5 Å². The first kappa shape index (κ1) is 14.3. The molecule has 0 saturated carbocycles. The third kappa shape index (κ3) is 5.50. The maximum absolute atomic E-state index is 11.6. The molecule has 1 aromatic carbocycles. The van der Waals surface area contributed by atoms with E-state index in [2.05, 4.69) is 10.6 Å². The van der Waals surface area contributed by atoms with Crippen molar-refractivity contribution < 1.29 is 9.53 Å². The fourth-order valence-electron chi connectivity index (χ4n) is 1.34. The second kappa shape index (κ2) is 7.50. The fourth-order valence-corrected chi connectivity index (χ4v) is 1.34. The Morgan fingerprint density at radius 3 is 2.50 bits per heavy atom. The summed E-state index contributed by atoms with van der Waals surface area (Å²) >= 11 is 0. The van der Waals surface area contributed by atoms with Crippen LogP contribution in [0.4, 0.5) is 5.69 Å². The lowest BCUT2D eigenvalue weighted by Crippen LogP contribution is -2.28. The third-order valence-electron chi connectivity index (χ3n) is 2.31. The molecule has 18 heavy (non-hydrogen) atoms. The van der Waals surface area contributed by atoms with Crippen molar-refractivity contribution >= 4 is 11.6 Å². The quantitative estimate of drug-likeness (QED) is 0.599. The Balaban J connectivity index is 2.33. The fraction of sp³-hybridized carbons (Fsp3) is 0.357. The number of benzene rings is 1. The van der Waals surface area contributed by atoms with E-state index in [-0.39, 0.29) is 5.91 Å². The van der Waals surface area contributed by atoms with E-state index >= 15 is 0 Å². The van der Waals surface area contributed by atoms with Crippen LogP contribution in [0.2, 0.25) is 0 Å². The number of carbonyl (C=O) groups is 1. The summed E-state index contributed by atoms with van der Waals surface area (Å²) in [4.78, 5) is 11.6. The van der Waals surface area contributed by atoms with Gasteiger partial charge in [0.15, 0.2) is 0 Å². The topological polar surface area (TPSA) is 50.4 Å². The zero-order valence-electron chi connectivity index (χ0n) is 11.1. The van der Waals surface area contributed by atoms with E-state index in [9.17, 15) is 4.79 Å². The van der Waals surface area contributed by atoms with Gasteiger partial charge in [-0.05, 0) is 38.1 Å². The summed E-state index contributed by atoms with van der Waals surface area (Å²) in [6.07, 6.45) is 2.04. The van der Waals surface area contributed by atoms with Crippen LogP contribution in [0.1, 0.15) is 13.8 Å². The summed E-state index contributed by atoms with van der Waals surface area (Å²) in [5.41, 5.74) is 2.00. The highest BCUT2D eigenvalue weighted by Gasteiger charge is 2.01. The smallest absolute Gasteiger partial charge is 0.238 e. The van der Waals surface area contributed by atoms with E-state index in [1.807, 2.05) is 44.2 Å². The minimum Gasteiger partial charge on any atom is -0.497 e. The predicted octanol–water partition coefficient (Wildman–Crippen LogP) is 2.19. The minimum atomic E-state index is -0.0534. The van der Waals surface area contributed by atoms with Gasteiger partial charge < -0.3 is 15.4 Å². The van der Waals surface area contributed by atoms with Crippen LogP contribution >= 0.6 is 0 Å². The zero-order chi connectivity index (χ0) is 13.4. The molecular formula is C14H20N2O2. The molecule has 0 aromatic heterocycles. The van der Waals surface area contributed by atoms with Crippen LogP contribution in [-0.2, 0) is 4.79 Å². The van der Waals surface area contributed by atoms with Crippen LogP contribution in [0.15, 0.2) is 35.9 Å². The van der Waals surface area contributed by atoms with Gasteiger partial charge in [0, 0.05) is 12.2 Å². The van der Waals surface area contributed by atoms with Gasteiger partial charge in [0.05, 0.1) is 13.7 Å². The molecule has 0 aliphatic carbocycles. The normalized spacial score (nSPS) is 9.72. The van der Waals surface area contributed by atoms with Gasteiger partial charge in [-0.1, -0.05) is 11.6 Å². The molecule has 2 N–H and O–H groups in total.